The van der Waals surface area contributed by atoms with Crippen LogP contribution in [-0.4, -0.2) is 72.5 Å². The van der Waals surface area contributed by atoms with Crippen LogP contribution in [0.3, 0.4) is 0 Å². The molecule has 1 aromatic carbocycles. The van der Waals surface area contributed by atoms with E-state index in [0.29, 0.717) is 19.1 Å². The number of amides is 1. The average molecular weight is 367 g/mol. The molecule has 26 heavy (non-hydrogen) atoms. The van der Waals surface area contributed by atoms with E-state index in [2.05, 4.69) is 9.80 Å². The lowest BCUT2D eigenvalue weighted by atomic mass is 9.83. The molecular formula is C19H24F3N3O. The van der Waals surface area contributed by atoms with E-state index in [1.165, 1.54) is 44.1 Å². The molecular weight excluding hydrogens is 343 g/mol. The summed E-state index contributed by atoms with van der Waals surface area (Å²) >= 11 is 0. The zero-order chi connectivity index (χ0) is 18.3. The molecule has 1 amide bonds. The van der Waals surface area contributed by atoms with Gasteiger partial charge in [0.05, 0.1) is 11.1 Å². The molecule has 5 rings (SSSR count). The highest BCUT2D eigenvalue weighted by atomic mass is 19.4. The minimum Gasteiger partial charge on any atom is -0.336 e. The third-order valence-electron chi connectivity index (χ3n) is 6.16. The number of fused-ring (bicyclic) bond motifs is 3. The second-order valence-electron chi connectivity index (χ2n) is 7.58. The van der Waals surface area contributed by atoms with Gasteiger partial charge in [-0.15, -0.1) is 0 Å². The second-order valence-corrected chi connectivity index (χ2v) is 7.58. The van der Waals surface area contributed by atoms with Gasteiger partial charge in [0, 0.05) is 38.8 Å². The van der Waals surface area contributed by atoms with E-state index in [0.717, 1.165) is 31.6 Å². The molecule has 0 spiro atoms. The number of benzene rings is 1. The molecule has 7 heteroatoms. The van der Waals surface area contributed by atoms with Crippen molar-refractivity contribution >= 4 is 5.91 Å². The maximum atomic E-state index is 13.2. The Morgan fingerprint density at radius 2 is 1.62 bits per heavy atom. The Hall–Kier alpha value is -1.60. The van der Waals surface area contributed by atoms with Crippen molar-refractivity contribution in [1.29, 1.82) is 0 Å². The Labute approximate surface area is 151 Å². The number of carbonyl (C=O) groups excluding carboxylic acids is 1. The Morgan fingerprint density at radius 3 is 2.19 bits per heavy atom. The molecule has 4 saturated heterocycles. The number of nitrogens with zero attached hydrogens (tertiary/aromatic N) is 3. The topological polar surface area (TPSA) is 26.8 Å². The third kappa shape index (κ3) is 3.34. The van der Waals surface area contributed by atoms with Gasteiger partial charge in [-0.2, -0.15) is 13.2 Å². The quantitative estimate of drug-likeness (QED) is 0.804. The predicted octanol–water partition coefficient (Wildman–Crippen LogP) is 2.56. The molecule has 4 aliphatic heterocycles. The van der Waals surface area contributed by atoms with Gasteiger partial charge in [-0.25, -0.2) is 0 Å². The van der Waals surface area contributed by atoms with E-state index in [-0.39, 0.29) is 5.56 Å². The van der Waals surface area contributed by atoms with Crippen molar-refractivity contribution in [2.75, 3.05) is 45.8 Å². The maximum Gasteiger partial charge on any atom is 0.417 e. The van der Waals surface area contributed by atoms with E-state index in [1.807, 2.05) is 0 Å². The number of hydrogen-bond acceptors (Lipinski definition) is 3. The van der Waals surface area contributed by atoms with Crippen LogP contribution in [-0.2, 0) is 6.18 Å². The Kier molecular flexibility index (Phi) is 4.69. The number of carbonyl (C=O) groups is 1. The summed E-state index contributed by atoms with van der Waals surface area (Å²) < 4.78 is 39.6. The highest BCUT2D eigenvalue weighted by Gasteiger charge is 2.40. The standard InChI is InChI=1S/C19H24F3N3O/c20-19(21,22)16-4-2-1-3-15(16)18(26)25-11-9-24(10-12-25)17-13-23-7-5-14(17)6-8-23/h1-4,14,17H,5-13H2/t17-/m0/s1. The minimum absolute atomic E-state index is 0.240. The highest BCUT2D eigenvalue weighted by Crippen LogP contribution is 2.33. The fourth-order valence-corrected chi connectivity index (χ4v) is 4.69. The minimum atomic E-state index is -4.51. The van der Waals surface area contributed by atoms with Crippen LogP contribution >= 0.6 is 0 Å². The van der Waals surface area contributed by atoms with Crippen molar-refractivity contribution in [3.05, 3.63) is 35.4 Å². The molecule has 0 saturated carbocycles. The molecule has 0 unspecified atom stereocenters. The molecule has 4 aliphatic rings. The fourth-order valence-electron chi connectivity index (χ4n) is 4.69. The van der Waals surface area contributed by atoms with Gasteiger partial charge < -0.3 is 9.80 Å². The summed E-state index contributed by atoms with van der Waals surface area (Å²) in [4.78, 5) is 19.2. The van der Waals surface area contributed by atoms with Crippen LogP contribution in [0, 0.1) is 5.92 Å². The van der Waals surface area contributed by atoms with Gasteiger partial charge in [0.25, 0.3) is 5.91 Å². The van der Waals surface area contributed by atoms with Gasteiger partial charge in [-0.05, 0) is 44.0 Å². The van der Waals surface area contributed by atoms with Gasteiger partial charge in [0.2, 0.25) is 0 Å². The van der Waals surface area contributed by atoms with Gasteiger partial charge in [-0.3, -0.25) is 9.69 Å². The molecule has 1 aromatic rings. The van der Waals surface area contributed by atoms with Gasteiger partial charge in [0.15, 0.2) is 0 Å². The SMILES string of the molecule is O=C(c1ccccc1C(F)(F)F)N1CCN([C@H]2CN3CCC2CC3)CC1. The van der Waals surface area contributed by atoms with Gasteiger partial charge in [0.1, 0.15) is 0 Å². The van der Waals surface area contributed by atoms with Gasteiger partial charge in [-0.1, -0.05) is 12.1 Å². The van der Waals surface area contributed by atoms with E-state index in [1.54, 1.807) is 4.90 Å². The van der Waals surface area contributed by atoms with E-state index in [9.17, 15) is 18.0 Å². The molecule has 0 aliphatic carbocycles. The lowest BCUT2D eigenvalue weighted by Crippen LogP contribution is -2.61. The maximum absolute atomic E-state index is 13.2. The number of alkyl halides is 3. The van der Waals surface area contributed by atoms with Crippen molar-refractivity contribution in [3.63, 3.8) is 0 Å². The van der Waals surface area contributed by atoms with E-state index in [4.69, 9.17) is 0 Å². The first kappa shape index (κ1) is 17.8. The summed E-state index contributed by atoms with van der Waals surface area (Å²) in [6, 6.07) is 5.62. The number of halogens is 3. The van der Waals surface area contributed by atoms with Crippen LogP contribution in [0.5, 0.6) is 0 Å². The molecule has 4 nitrogen and oxygen atoms in total. The lowest BCUT2D eigenvalue weighted by molar-refractivity contribution is -0.138. The Bertz CT molecular complexity index is 662. The first-order valence-corrected chi connectivity index (χ1v) is 9.35. The van der Waals surface area contributed by atoms with E-state index >= 15 is 0 Å². The normalized spacial score (nSPS) is 29.8. The molecule has 1 atom stereocenters. The van der Waals surface area contributed by atoms with Crippen molar-refractivity contribution in [2.45, 2.75) is 25.1 Å². The molecule has 0 aromatic heterocycles. The number of rotatable bonds is 2. The van der Waals surface area contributed by atoms with Crippen molar-refractivity contribution < 1.29 is 18.0 Å². The zero-order valence-corrected chi connectivity index (χ0v) is 14.7. The number of piperidine rings is 3. The number of piperazine rings is 1. The Morgan fingerprint density at radius 1 is 0.962 bits per heavy atom. The van der Waals surface area contributed by atoms with Crippen LogP contribution in [0.15, 0.2) is 24.3 Å². The smallest absolute Gasteiger partial charge is 0.336 e. The fraction of sp³-hybridized carbons (Fsp3) is 0.632. The molecule has 4 heterocycles. The third-order valence-corrected chi connectivity index (χ3v) is 6.16. The zero-order valence-electron chi connectivity index (χ0n) is 14.7. The summed E-state index contributed by atoms with van der Waals surface area (Å²) in [5.41, 5.74) is -1.08. The average Bonchev–Trinajstić information content (AvgIpc) is 2.68. The number of hydrogen-bond donors (Lipinski definition) is 0. The van der Waals surface area contributed by atoms with Crippen molar-refractivity contribution in [2.24, 2.45) is 5.92 Å². The largest absolute Gasteiger partial charge is 0.417 e. The summed E-state index contributed by atoms with van der Waals surface area (Å²) in [6.45, 7) is 5.95. The van der Waals surface area contributed by atoms with Crippen LogP contribution < -0.4 is 0 Å². The molecule has 142 valence electrons. The van der Waals surface area contributed by atoms with Crippen LogP contribution in [0.4, 0.5) is 13.2 Å². The Balaban J connectivity index is 1.42. The molecule has 4 fully saturated rings. The highest BCUT2D eigenvalue weighted by molar-refractivity contribution is 5.96. The first-order chi connectivity index (χ1) is 12.4. The lowest BCUT2D eigenvalue weighted by Gasteiger charge is -2.51. The molecule has 2 bridgehead atoms. The molecule has 0 radical (unpaired) electrons. The summed E-state index contributed by atoms with van der Waals surface area (Å²) in [6.07, 6.45) is -2.03. The molecule has 0 N–H and O–H groups in total. The first-order valence-electron chi connectivity index (χ1n) is 9.35. The second kappa shape index (κ2) is 6.85. The van der Waals surface area contributed by atoms with Crippen molar-refractivity contribution in [3.8, 4) is 0 Å². The summed E-state index contributed by atoms with van der Waals surface area (Å²) in [5, 5.41) is 0. The van der Waals surface area contributed by atoms with E-state index < -0.39 is 17.6 Å². The predicted molar refractivity (Wildman–Crippen MR) is 91.9 cm³/mol. The van der Waals surface area contributed by atoms with Crippen LogP contribution in [0.25, 0.3) is 0 Å². The van der Waals surface area contributed by atoms with Crippen LogP contribution in [0.1, 0.15) is 28.8 Å². The summed E-state index contributed by atoms with van der Waals surface area (Å²) in [5.74, 6) is 0.222. The van der Waals surface area contributed by atoms with Crippen LogP contribution in [0.2, 0.25) is 0 Å². The van der Waals surface area contributed by atoms with Crippen molar-refractivity contribution in [1.82, 2.24) is 14.7 Å². The van der Waals surface area contributed by atoms with Gasteiger partial charge >= 0.3 is 6.18 Å². The monoisotopic (exact) mass is 367 g/mol. The summed E-state index contributed by atoms with van der Waals surface area (Å²) in [7, 11) is 0.